The van der Waals surface area contributed by atoms with Crippen molar-refractivity contribution in [2.45, 2.75) is 70.1 Å². The molecule has 6 nitrogen and oxygen atoms in total. The summed E-state index contributed by atoms with van der Waals surface area (Å²) in [6.45, 7) is 12.6. The van der Waals surface area contributed by atoms with Gasteiger partial charge in [0.2, 0.25) is 5.91 Å². The summed E-state index contributed by atoms with van der Waals surface area (Å²) in [4.78, 5) is 12.8. The fourth-order valence-corrected chi connectivity index (χ4v) is 5.25. The molecule has 0 aliphatic heterocycles. The molecule has 1 amide bonds. The van der Waals surface area contributed by atoms with Crippen molar-refractivity contribution >= 4 is 39.5 Å². The maximum atomic E-state index is 11.6. The summed E-state index contributed by atoms with van der Waals surface area (Å²) < 4.78 is 29.9. The van der Waals surface area contributed by atoms with Crippen LogP contribution in [0.15, 0.2) is 17.0 Å². The van der Waals surface area contributed by atoms with Gasteiger partial charge in [0.15, 0.2) is 0 Å². The summed E-state index contributed by atoms with van der Waals surface area (Å²) in [5.74, 6) is 2.47. The SMILES string of the molecule is CC(C)(C)c1cc(SCCSCCCC(=O)NCCS(=O)(=O)O)cc(C(C)(C)C)c1O. The second-order valence-electron chi connectivity index (χ2n) is 9.57. The van der Waals surface area contributed by atoms with E-state index in [1.807, 2.05) is 0 Å². The van der Waals surface area contributed by atoms with E-state index in [4.69, 9.17) is 4.55 Å². The number of hydrogen-bond donors (Lipinski definition) is 3. The molecule has 0 heterocycles. The Morgan fingerprint density at radius 3 is 2.03 bits per heavy atom. The summed E-state index contributed by atoms with van der Waals surface area (Å²) in [5, 5.41) is 13.3. The molecule has 0 saturated carbocycles. The van der Waals surface area contributed by atoms with Crippen molar-refractivity contribution in [2.75, 3.05) is 29.6 Å². The number of phenols is 1. The van der Waals surface area contributed by atoms with Crippen LogP contribution in [0.3, 0.4) is 0 Å². The molecule has 0 bridgehead atoms. The van der Waals surface area contributed by atoms with Gasteiger partial charge in [-0.3, -0.25) is 9.35 Å². The zero-order valence-electron chi connectivity index (χ0n) is 19.4. The third kappa shape index (κ3) is 11.0. The lowest BCUT2D eigenvalue weighted by Gasteiger charge is -2.28. The Balaban J connectivity index is 2.45. The standard InChI is InChI=1S/C22H37NO5S3/c1-21(2,3)17-14-16(15-18(20(17)25)22(4,5)6)30-12-11-29-10-7-8-19(24)23-9-13-31(26,27)28/h14-15,25H,7-13H2,1-6H3,(H,23,24)(H,26,27,28). The number of rotatable bonds is 11. The van der Waals surface area contributed by atoms with Crippen LogP contribution in [0.4, 0.5) is 0 Å². The van der Waals surface area contributed by atoms with Crippen molar-refractivity contribution in [3.8, 4) is 5.75 Å². The first-order valence-corrected chi connectivity index (χ1v) is 14.2. The first kappa shape index (κ1) is 28.1. The molecule has 1 rings (SSSR count). The molecule has 178 valence electrons. The van der Waals surface area contributed by atoms with Crippen molar-refractivity contribution in [2.24, 2.45) is 0 Å². The zero-order chi connectivity index (χ0) is 23.9. The minimum atomic E-state index is -4.04. The fraction of sp³-hybridized carbons (Fsp3) is 0.682. The highest BCUT2D eigenvalue weighted by Crippen LogP contribution is 2.41. The number of thioether (sulfide) groups is 2. The lowest BCUT2D eigenvalue weighted by atomic mass is 9.79. The average molecular weight is 492 g/mol. The molecule has 0 aliphatic rings. The van der Waals surface area contributed by atoms with Gasteiger partial charge in [-0.1, -0.05) is 41.5 Å². The van der Waals surface area contributed by atoms with Crippen LogP contribution in [-0.2, 0) is 25.7 Å². The van der Waals surface area contributed by atoms with Crippen LogP contribution in [0.1, 0.15) is 65.5 Å². The van der Waals surface area contributed by atoms with E-state index in [2.05, 4.69) is 59.0 Å². The van der Waals surface area contributed by atoms with Crippen LogP contribution in [0.2, 0.25) is 0 Å². The van der Waals surface area contributed by atoms with Gasteiger partial charge in [0.1, 0.15) is 5.75 Å². The second kappa shape index (κ2) is 11.8. The number of amides is 1. The number of hydrogen-bond acceptors (Lipinski definition) is 6. The van der Waals surface area contributed by atoms with E-state index in [9.17, 15) is 18.3 Å². The number of phenolic OH excluding ortho intramolecular Hbond substituents is 1. The molecule has 31 heavy (non-hydrogen) atoms. The van der Waals surface area contributed by atoms with Gasteiger partial charge in [-0.25, -0.2) is 0 Å². The molecule has 0 unspecified atom stereocenters. The zero-order valence-corrected chi connectivity index (χ0v) is 21.9. The quantitative estimate of drug-likeness (QED) is 0.236. The fourth-order valence-electron chi connectivity index (χ4n) is 2.90. The lowest BCUT2D eigenvalue weighted by molar-refractivity contribution is -0.120. The van der Waals surface area contributed by atoms with Gasteiger partial charge in [-0.2, -0.15) is 20.2 Å². The van der Waals surface area contributed by atoms with Crippen LogP contribution in [0.25, 0.3) is 0 Å². The summed E-state index contributed by atoms with van der Waals surface area (Å²) in [6.07, 6.45) is 1.06. The summed E-state index contributed by atoms with van der Waals surface area (Å²) in [6, 6.07) is 4.19. The van der Waals surface area contributed by atoms with Gasteiger partial charge >= 0.3 is 0 Å². The summed E-state index contributed by atoms with van der Waals surface area (Å²) in [7, 11) is -4.04. The molecule has 0 saturated heterocycles. The van der Waals surface area contributed by atoms with Crippen LogP contribution >= 0.6 is 23.5 Å². The number of carbonyl (C=O) groups is 1. The molecule has 9 heteroatoms. The van der Waals surface area contributed by atoms with Crippen LogP contribution in [0.5, 0.6) is 5.75 Å². The van der Waals surface area contributed by atoms with Crippen molar-refractivity contribution < 1.29 is 22.9 Å². The Morgan fingerprint density at radius 1 is 1.00 bits per heavy atom. The minimum Gasteiger partial charge on any atom is -0.507 e. The van der Waals surface area contributed by atoms with Crippen LogP contribution in [-0.4, -0.2) is 53.5 Å². The van der Waals surface area contributed by atoms with Gasteiger partial charge in [-0.05, 0) is 35.1 Å². The van der Waals surface area contributed by atoms with E-state index in [0.29, 0.717) is 18.6 Å². The Hall–Kier alpha value is -0.900. The third-order valence-corrected chi connectivity index (χ3v) is 7.60. The van der Waals surface area contributed by atoms with Gasteiger partial charge in [-0.15, -0.1) is 11.8 Å². The molecular weight excluding hydrogens is 454 g/mol. The molecule has 0 aliphatic carbocycles. The average Bonchev–Trinajstić information content (AvgIpc) is 2.58. The minimum absolute atomic E-state index is 0.0683. The van der Waals surface area contributed by atoms with E-state index < -0.39 is 15.9 Å². The molecule has 0 atom stereocenters. The third-order valence-electron chi connectivity index (χ3n) is 4.57. The highest BCUT2D eigenvalue weighted by atomic mass is 32.2. The highest BCUT2D eigenvalue weighted by molar-refractivity contribution is 8.02. The van der Waals surface area contributed by atoms with E-state index in [1.165, 1.54) is 0 Å². The van der Waals surface area contributed by atoms with Gasteiger partial charge in [0, 0.05) is 40.5 Å². The number of benzene rings is 1. The Bertz CT molecular complexity index is 805. The van der Waals surface area contributed by atoms with Crippen LogP contribution < -0.4 is 5.32 Å². The largest absolute Gasteiger partial charge is 0.507 e. The van der Waals surface area contributed by atoms with Gasteiger partial charge in [0.05, 0.1) is 5.75 Å². The number of aromatic hydroxyl groups is 1. The Kier molecular flexibility index (Phi) is 10.7. The van der Waals surface area contributed by atoms with Crippen molar-refractivity contribution in [3.63, 3.8) is 0 Å². The Morgan fingerprint density at radius 2 is 1.55 bits per heavy atom. The lowest BCUT2D eigenvalue weighted by Crippen LogP contribution is -2.28. The van der Waals surface area contributed by atoms with E-state index >= 15 is 0 Å². The predicted molar refractivity (Wildman–Crippen MR) is 132 cm³/mol. The number of nitrogens with one attached hydrogen (secondary N) is 1. The molecule has 0 aromatic heterocycles. The maximum Gasteiger partial charge on any atom is 0.266 e. The summed E-state index contributed by atoms with van der Waals surface area (Å²) in [5.41, 5.74) is 1.65. The normalized spacial score (nSPS) is 12.7. The second-order valence-corrected chi connectivity index (χ2v) is 13.5. The smallest absolute Gasteiger partial charge is 0.266 e. The molecule has 0 fully saturated rings. The molecule has 0 spiro atoms. The van der Waals surface area contributed by atoms with Crippen molar-refractivity contribution in [1.82, 2.24) is 5.32 Å². The molecule has 3 N–H and O–H groups in total. The van der Waals surface area contributed by atoms with Crippen molar-refractivity contribution in [3.05, 3.63) is 23.3 Å². The first-order valence-electron chi connectivity index (χ1n) is 10.4. The maximum absolute atomic E-state index is 11.6. The Labute approximate surface area is 196 Å². The number of carbonyl (C=O) groups excluding carboxylic acids is 1. The first-order chi connectivity index (χ1) is 14.1. The van der Waals surface area contributed by atoms with Gasteiger partial charge in [0.25, 0.3) is 10.1 Å². The van der Waals surface area contributed by atoms with E-state index in [0.717, 1.165) is 33.3 Å². The van der Waals surface area contributed by atoms with E-state index in [1.54, 1.807) is 23.5 Å². The van der Waals surface area contributed by atoms with Crippen molar-refractivity contribution in [1.29, 1.82) is 0 Å². The predicted octanol–water partition coefficient (Wildman–Crippen LogP) is 4.60. The van der Waals surface area contributed by atoms with E-state index in [-0.39, 0.29) is 23.3 Å². The highest BCUT2D eigenvalue weighted by Gasteiger charge is 2.26. The molecular formula is C22H37NO5S3. The van der Waals surface area contributed by atoms with Gasteiger partial charge < -0.3 is 10.4 Å². The molecule has 1 aromatic carbocycles. The molecule has 1 aromatic rings. The van der Waals surface area contributed by atoms with Crippen LogP contribution in [0, 0.1) is 0 Å². The monoisotopic (exact) mass is 491 g/mol. The summed E-state index contributed by atoms with van der Waals surface area (Å²) >= 11 is 3.55. The molecule has 0 radical (unpaired) electrons. The topological polar surface area (TPSA) is 104 Å².